The molecular weight excluding hydrogens is 530 g/mol. The van der Waals surface area contributed by atoms with Crippen LogP contribution in [0.25, 0.3) is 11.1 Å². The highest BCUT2D eigenvalue weighted by Crippen LogP contribution is 2.41. The van der Waals surface area contributed by atoms with Crippen molar-refractivity contribution in [3.05, 3.63) is 58.5 Å². The van der Waals surface area contributed by atoms with Crippen LogP contribution in [-0.2, 0) is 16.1 Å². The number of rotatable bonds is 7. The molecule has 3 aliphatic rings. The van der Waals surface area contributed by atoms with Crippen molar-refractivity contribution >= 4 is 11.8 Å². The van der Waals surface area contributed by atoms with Gasteiger partial charge < -0.3 is 24.2 Å². The predicted octanol–water partition coefficient (Wildman–Crippen LogP) is 4.58. The third-order valence-corrected chi connectivity index (χ3v) is 9.96. The summed E-state index contributed by atoms with van der Waals surface area (Å²) in [5.74, 6) is 0.618. The lowest BCUT2D eigenvalue weighted by atomic mass is 9.69. The molecule has 2 aromatic rings. The number of carbonyl (C=O) groups excluding carboxylic acids is 2. The van der Waals surface area contributed by atoms with Crippen LogP contribution in [-0.4, -0.2) is 76.3 Å². The average Bonchev–Trinajstić information content (AvgIpc) is 3.00. The summed E-state index contributed by atoms with van der Waals surface area (Å²) in [5.41, 5.74) is -0.325. The molecule has 2 atom stereocenters. The standard InChI is InChI=1S/C34H47N3O5/c1-25(20-26-10-6-4-7-11-26)31(39)36-15-14-34(41,33(2,3)23-36)24-37-22-29(32(40)35-16-18-42-19-17-35)28(21-30(37)38)27-12-8-5-9-13-27/h5,8-9,12-13,21-22,25-26,41H,4,6-7,10-11,14-20,23-24H2,1-3H3/t25-,34?/m1/s1. The molecule has 8 nitrogen and oxygen atoms in total. The Balaban J connectivity index is 1.36. The quantitative estimate of drug-likeness (QED) is 0.520. The van der Waals surface area contributed by atoms with Crippen LogP contribution in [0.5, 0.6) is 0 Å². The van der Waals surface area contributed by atoms with E-state index in [2.05, 4.69) is 0 Å². The van der Waals surface area contributed by atoms with Gasteiger partial charge in [-0.15, -0.1) is 0 Å². The third kappa shape index (κ3) is 6.50. The van der Waals surface area contributed by atoms with E-state index in [-0.39, 0.29) is 29.8 Å². The van der Waals surface area contributed by atoms with Gasteiger partial charge in [0.1, 0.15) is 0 Å². The van der Waals surface area contributed by atoms with Gasteiger partial charge in [-0.05, 0) is 24.3 Å². The fourth-order valence-corrected chi connectivity index (χ4v) is 7.12. The van der Waals surface area contributed by atoms with Crippen molar-refractivity contribution in [1.29, 1.82) is 0 Å². The second-order valence-electron chi connectivity index (χ2n) is 13.4. The van der Waals surface area contributed by atoms with Crippen molar-refractivity contribution in [2.75, 3.05) is 39.4 Å². The maximum atomic E-state index is 13.7. The Labute approximate surface area is 249 Å². The lowest BCUT2D eigenvalue weighted by Gasteiger charge is -2.51. The number of benzene rings is 1. The number of morpholine rings is 1. The maximum absolute atomic E-state index is 13.7. The van der Waals surface area contributed by atoms with Crippen LogP contribution >= 0.6 is 0 Å². The smallest absolute Gasteiger partial charge is 0.256 e. The monoisotopic (exact) mass is 577 g/mol. The maximum Gasteiger partial charge on any atom is 0.256 e. The second-order valence-corrected chi connectivity index (χ2v) is 13.4. The number of carbonyl (C=O) groups is 2. The minimum atomic E-state index is -1.23. The average molecular weight is 578 g/mol. The summed E-state index contributed by atoms with van der Waals surface area (Å²) in [7, 11) is 0. The van der Waals surface area contributed by atoms with Gasteiger partial charge >= 0.3 is 0 Å². The van der Waals surface area contributed by atoms with Crippen LogP contribution in [0.1, 0.15) is 76.1 Å². The first-order chi connectivity index (χ1) is 20.1. The topological polar surface area (TPSA) is 92.1 Å². The van der Waals surface area contributed by atoms with Crippen molar-refractivity contribution in [1.82, 2.24) is 14.4 Å². The van der Waals surface area contributed by atoms with E-state index in [1.807, 2.05) is 56.0 Å². The zero-order valence-electron chi connectivity index (χ0n) is 25.5. The normalized spacial score (nSPS) is 23.9. The van der Waals surface area contributed by atoms with Crippen molar-refractivity contribution in [3.8, 4) is 11.1 Å². The fraction of sp³-hybridized carbons (Fsp3) is 0.618. The Morgan fingerprint density at radius 1 is 1.02 bits per heavy atom. The molecule has 5 rings (SSSR count). The summed E-state index contributed by atoms with van der Waals surface area (Å²) in [6.45, 7) is 8.87. The van der Waals surface area contributed by atoms with Crippen LogP contribution in [0.3, 0.4) is 0 Å². The van der Waals surface area contributed by atoms with E-state index in [9.17, 15) is 19.5 Å². The minimum Gasteiger partial charge on any atom is -0.387 e. The number of ether oxygens (including phenoxy) is 1. The van der Waals surface area contributed by atoms with Crippen LogP contribution in [0.15, 0.2) is 47.4 Å². The number of aromatic nitrogens is 1. The lowest BCUT2D eigenvalue weighted by molar-refractivity contribution is -0.157. The Hall–Kier alpha value is -2.97. The summed E-state index contributed by atoms with van der Waals surface area (Å²) in [6.07, 6.45) is 9.19. The summed E-state index contributed by atoms with van der Waals surface area (Å²) in [4.78, 5) is 44.4. The van der Waals surface area contributed by atoms with Gasteiger partial charge in [-0.2, -0.15) is 0 Å². The third-order valence-electron chi connectivity index (χ3n) is 9.96. The Bertz CT molecular complexity index is 1310. The molecule has 3 fully saturated rings. The number of nitrogens with zero attached hydrogens (tertiary/aromatic N) is 3. The van der Waals surface area contributed by atoms with Crippen molar-refractivity contribution in [2.24, 2.45) is 17.3 Å². The zero-order chi connectivity index (χ0) is 29.9. The molecule has 228 valence electrons. The van der Waals surface area contributed by atoms with Gasteiger partial charge in [0.15, 0.2) is 0 Å². The SMILES string of the molecule is C[C@H](CC1CCCCC1)C(=O)N1CCC(O)(Cn2cc(C(=O)N3CCOCC3)c(-c3ccccc3)cc2=O)C(C)(C)C1. The van der Waals surface area contributed by atoms with E-state index < -0.39 is 11.0 Å². The Morgan fingerprint density at radius 3 is 2.38 bits per heavy atom. The van der Waals surface area contributed by atoms with Crippen molar-refractivity contribution in [3.63, 3.8) is 0 Å². The van der Waals surface area contributed by atoms with Crippen LogP contribution in [0, 0.1) is 17.3 Å². The molecule has 2 aliphatic heterocycles. The minimum absolute atomic E-state index is 0.0306. The molecule has 1 N–H and O–H groups in total. The van der Waals surface area contributed by atoms with Gasteiger partial charge in [-0.1, -0.05) is 83.2 Å². The molecule has 2 amide bonds. The summed E-state index contributed by atoms with van der Waals surface area (Å²) >= 11 is 0. The fourth-order valence-electron chi connectivity index (χ4n) is 7.12. The molecule has 0 bridgehead atoms. The first-order valence-corrected chi connectivity index (χ1v) is 15.8. The van der Waals surface area contributed by atoms with Gasteiger partial charge in [0.2, 0.25) is 5.91 Å². The largest absolute Gasteiger partial charge is 0.387 e. The Kier molecular flexibility index (Phi) is 9.23. The van der Waals surface area contributed by atoms with Crippen LogP contribution < -0.4 is 5.56 Å². The highest BCUT2D eigenvalue weighted by Gasteiger charge is 2.49. The van der Waals surface area contributed by atoms with Crippen molar-refractivity contribution in [2.45, 2.75) is 77.9 Å². The molecule has 0 radical (unpaired) electrons. The van der Waals surface area contributed by atoms with Crippen LogP contribution in [0.4, 0.5) is 0 Å². The molecule has 1 saturated carbocycles. The van der Waals surface area contributed by atoms with E-state index in [0.29, 0.717) is 62.9 Å². The molecule has 8 heteroatoms. The van der Waals surface area contributed by atoms with Gasteiger partial charge in [-0.25, -0.2) is 0 Å². The highest BCUT2D eigenvalue weighted by atomic mass is 16.5. The van der Waals surface area contributed by atoms with Gasteiger partial charge in [0.05, 0.1) is 30.9 Å². The number of aliphatic hydroxyl groups is 1. The number of pyridine rings is 1. The zero-order valence-corrected chi connectivity index (χ0v) is 25.5. The molecule has 42 heavy (non-hydrogen) atoms. The number of hydrogen-bond acceptors (Lipinski definition) is 5. The molecular formula is C34H47N3O5. The first-order valence-electron chi connectivity index (χ1n) is 15.8. The summed E-state index contributed by atoms with van der Waals surface area (Å²) in [6, 6.07) is 11.0. The number of amides is 2. The van der Waals surface area contributed by atoms with Gasteiger partial charge in [0.25, 0.3) is 11.5 Å². The number of piperidine rings is 1. The van der Waals surface area contributed by atoms with Crippen LogP contribution in [0.2, 0.25) is 0 Å². The molecule has 1 unspecified atom stereocenters. The van der Waals surface area contributed by atoms with Crippen molar-refractivity contribution < 1.29 is 19.4 Å². The molecule has 1 aliphatic carbocycles. The number of likely N-dealkylation sites (tertiary alicyclic amines) is 1. The molecule has 1 aromatic heterocycles. The first kappa shape index (κ1) is 30.5. The summed E-state index contributed by atoms with van der Waals surface area (Å²) in [5, 5.41) is 12.0. The van der Waals surface area contributed by atoms with E-state index in [1.54, 1.807) is 11.1 Å². The van der Waals surface area contributed by atoms with E-state index in [0.717, 1.165) is 12.0 Å². The van der Waals surface area contributed by atoms with Gasteiger partial charge in [-0.3, -0.25) is 14.4 Å². The van der Waals surface area contributed by atoms with E-state index >= 15 is 0 Å². The van der Waals surface area contributed by atoms with E-state index in [1.165, 1.54) is 42.7 Å². The molecule has 0 spiro atoms. The summed E-state index contributed by atoms with van der Waals surface area (Å²) < 4.78 is 6.94. The number of hydrogen-bond donors (Lipinski definition) is 1. The molecule has 2 saturated heterocycles. The van der Waals surface area contributed by atoms with Gasteiger partial charge in [0, 0.05) is 55.3 Å². The molecule has 1 aromatic carbocycles. The highest BCUT2D eigenvalue weighted by molar-refractivity contribution is 6.00. The predicted molar refractivity (Wildman–Crippen MR) is 163 cm³/mol. The second kappa shape index (κ2) is 12.7. The Morgan fingerprint density at radius 2 is 1.71 bits per heavy atom. The lowest BCUT2D eigenvalue weighted by Crippen LogP contribution is -2.61. The van der Waals surface area contributed by atoms with E-state index in [4.69, 9.17) is 4.74 Å². The molecule has 3 heterocycles.